The van der Waals surface area contributed by atoms with Crippen molar-refractivity contribution in [2.24, 2.45) is 17.8 Å². The van der Waals surface area contributed by atoms with E-state index >= 15 is 0 Å². The summed E-state index contributed by atoms with van der Waals surface area (Å²) in [4.78, 5) is 41.3. The van der Waals surface area contributed by atoms with E-state index in [0.717, 1.165) is 37.0 Å². The minimum absolute atomic E-state index is 0.00489. The Hall–Kier alpha value is -1.14. The highest BCUT2D eigenvalue weighted by Crippen LogP contribution is 2.57. The minimum atomic E-state index is -4.70. The maximum absolute atomic E-state index is 12.2. The molecule has 3 heterocycles. The van der Waals surface area contributed by atoms with Gasteiger partial charge in [0.1, 0.15) is 18.1 Å². The lowest BCUT2D eigenvalue weighted by molar-refractivity contribution is -0.0354. The smallest absolute Gasteiger partial charge is 0.335 e. The van der Waals surface area contributed by atoms with Crippen LogP contribution in [0.2, 0.25) is 5.28 Å². The molecule has 38 heavy (non-hydrogen) atoms. The molecule has 2 aromatic heterocycles. The van der Waals surface area contributed by atoms with Gasteiger partial charge in [-0.2, -0.15) is 9.97 Å². The molecule has 2 aromatic rings. The number of nitrogens with one attached hydrogen (secondary N) is 1. The molecule has 6 N–H and O–H groups in total. The number of aliphatic hydroxyl groups excluding tert-OH is 2. The quantitative estimate of drug-likeness (QED) is 0.193. The molecule has 7 rings (SSSR count). The number of halogens is 1. The zero-order chi connectivity index (χ0) is 27.0. The molecular formula is C22H32ClN5O8P2. The lowest BCUT2D eigenvalue weighted by atomic mass is 9.53. The van der Waals surface area contributed by atoms with Gasteiger partial charge in [-0.3, -0.25) is 13.7 Å². The van der Waals surface area contributed by atoms with E-state index in [1.807, 2.05) is 0 Å². The third kappa shape index (κ3) is 5.18. The van der Waals surface area contributed by atoms with E-state index in [9.17, 15) is 24.2 Å². The zero-order valence-electron chi connectivity index (χ0n) is 20.5. The molecule has 16 heteroatoms. The molecule has 210 valence electrons. The van der Waals surface area contributed by atoms with Crippen LogP contribution in [0.1, 0.15) is 51.2 Å². The number of hydrogen-bond acceptors (Lipinski definition) is 9. The van der Waals surface area contributed by atoms with Gasteiger partial charge in [-0.05, 0) is 74.3 Å². The highest BCUT2D eigenvalue weighted by molar-refractivity contribution is 7.72. The number of fused-ring (bicyclic) bond motifs is 1. The van der Waals surface area contributed by atoms with Gasteiger partial charge in [0.2, 0.25) is 12.7 Å². The van der Waals surface area contributed by atoms with Crippen molar-refractivity contribution in [3.8, 4) is 0 Å². The second-order valence-corrected chi connectivity index (χ2v) is 16.6. The van der Waals surface area contributed by atoms with Gasteiger partial charge in [0.25, 0.3) is 0 Å². The fourth-order valence-corrected chi connectivity index (χ4v) is 11.3. The molecule has 5 unspecified atom stereocenters. The average molecular weight is 592 g/mol. The SMILES string of the molecule is O=P(O)(O)CP(=O)(O)CCC1OC(n2cnc3c(NC45CC6CC(CC(C6)C4)C5)nc(Cl)nc32)C(O)C1O. The normalized spacial score (nSPS) is 38.1. The Morgan fingerprint density at radius 2 is 1.68 bits per heavy atom. The van der Waals surface area contributed by atoms with Crippen LogP contribution in [0, 0.1) is 17.8 Å². The molecule has 1 saturated heterocycles. The summed E-state index contributed by atoms with van der Waals surface area (Å²) in [5.74, 6) is 1.51. The number of imidazole rings is 1. The lowest BCUT2D eigenvalue weighted by Gasteiger charge is -2.57. The first-order valence-electron chi connectivity index (χ1n) is 12.8. The summed E-state index contributed by atoms with van der Waals surface area (Å²) in [5, 5.41) is 25.0. The van der Waals surface area contributed by atoms with Crippen LogP contribution in [0.5, 0.6) is 0 Å². The summed E-state index contributed by atoms with van der Waals surface area (Å²) in [6, 6.07) is 0. The lowest BCUT2D eigenvalue weighted by Crippen LogP contribution is -2.54. The highest BCUT2D eigenvalue weighted by Gasteiger charge is 2.51. The van der Waals surface area contributed by atoms with Crippen molar-refractivity contribution in [2.45, 2.75) is 75.0 Å². The maximum atomic E-state index is 12.2. The molecule has 4 saturated carbocycles. The van der Waals surface area contributed by atoms with Crippen molar-refractivity contribution in [1.29, 1.82) is 0 Å². The molecule has 4 bridgehead atoms. The van der Waals surface area contributed by atoms with Crippen LogP contribution in [0.4, 0.5) is 5.82 Å². The van der Waals surface area contributed by atoms with Crippen LogP contribution in [-0.4, -0.2) is 80.3 Å². The van der Waals surface area contributed by atoms with E-state index in [1.165, 1.54) is 30.2 Å². The van der Waals surface area contributed by atoms with E-state index in [-0.39, 0.29) is 17.2 Å². The average Bonchev–Trinajstić information content (AvgIpc) is 3.30. The molecule has 5 aliphatic rings. The second kappa shape index (κ2) is 9.46. The van der Waals surface area contributed by atoms with Crippen molar-refractivity contribution in [1.82, 2.24) is 19.5 Å². The van der Waals surface area contributed by atoms with Gasteiger partial charge in [-0.15, -0.1) is 0 Å². The Kier molecular flexibility index (Phi) is 6.74. The predicted molar refractivity (Wildman–Crippen MR) is 137 cm³/mol. The van der Waals surface area contributed by atoms with E-state index in [2.05, 4.69) is 20.3 Å². The fourth-order valence-electron chi connectivity index (χ4n) is 7.56. The fraction of sp³-hybridized carbons (Fsp3) is 0.773. The first-order valence-corrected chi connectivity index (χ1v) is 17.1. The van der Waals surface area contributed by atoms with Crippen molar-refractivity contribution in [2.75, 3.05) is 17.4 Å². The minimum Gasteiger partial charge on any atom is -0.388 e. The number of aromatic nitrogens is 4. The molecule has 0 aromatic carbocycles. The van der Waals surface area contributed by atoms with E-state index in [1.54, 1.807) is 0 Å². The number of aliphatic hydroxyl groups is 2. The molecule has 13 nitrogen and oxygen atoms in total. The van der Waals surface area contributed by atoms with E-state index in [4.69, 9.17) is 26.1 Å². The molecule has 1 aliphatic heterocycles. The first-order chi connectivity index (χ1) is 17.8. The summed E-state index contributed by atoms with van der Waals surface area (Å²) in [6.45, 7) is 0. The van der Waals surface area contributed by atoms with Gasteiger partial charge in [0.15, 0.2) is 23.2 Å². The van der Waals surface area contributed by atoms with Gasteiger partial charge in [0.05, 0.1) is 12.4 Å². The van der Waals surface area contributed by atoms with Gasteiger partial charge < -0.3 is 34.9 Å². The summed E-state index contributed by atoms with van der Waals surface area (Å²) in [6.07, 6.45) is 2.88. The number of hydrogen-bond donors (Lipinski definition) is 6. The number of rotatable bonds is 8. The van der Waals surface area contributed by atoms with Crippen molar-refractivity contribution < 1.29 is 38.8 Å². The second-order valence-electron chi connectivity index (χ2n) is 11.7. The Labute approximate surface area is 223 Å². The molecule has 5 fully saturated rings. The van der Waals surface area contributed by atoms with Crippen LogP contribution in [0.15, 0.2) is 6.33 Å². The van der Waals surface area contributed by atoms with Crippen molar-refractivity contribution in [3.05, 3.63) is 11.6 Å². The Balaban J connectivity index is 1.23. The molecular weight excluding hydrogens is 560 g/mol. The molecule has 5 atom stereocenters. The van der Waals surface area contributed by atoms with Gasteiger partial charge >= 0.3 is 7.60 Å². The molecule has 0 spiro atoms. The summed E-state index contributed by atoms with van der Waals surface area (Å²) in [5.41, 5.74) is 0.711. The third-order valence-electron chi connectivity index (χ3n) is 8.60. The molecule has 0 radical (unpaired) electrons. The summed E-state index contributed by atoms with van der Waals surface area (Å²) < 4.78 is 30.7. The van der Waals surface area contributed by atoms with Crippen molar-refractivity contribution >= 4 is 43.5 Å². The van der Waals surface area contributed by atoms with Crippen LogP contribution in [0.25, 0.3) is 11.2 Å². The Bertz CT molecular complexity index is 1300. The number of ether oxygens (including phenoxy) is 1. The summed E-state index contributed by atoms with van der Waals surface area (Å²) >= 11 is 6.31. The van der Waals surface area contributed by atoms with Gasteiger partial charge in [-0.1, -0.05) is 0 Å². The van der Waals surface area contributed by atoms with E-state index in [0.29, 0.717) is 17.0 Å². The number of nitrogens with zero attached hydrogens (tertiary/aromatic N) is 4. The van der Waals surface area contributed by atoms with Crippen molar-refractivity contribution in [3.63, 3.8) is 0 Å². The van der Waals surface area contributed by atoms with E-state index < -0.39 is 51.6 Å². The topological polar surface area (TPSA) is 200 Å². The van der Waals surface area contributed by atoms with Crippen LogP contribution >= 0.6 is 26.6 Å². The zero-order valence-corrected chi connectivity index (χ0v) is 23.0. The Morgan fingerprint density at radius 3 is 2.29 bits per heavy atom. The largest absolute Gasteiger partial charge is 0.388 e. The predicted octanol–water partition coefficient (Wildman–Crippen LogP) is 2.28. The standard InChI is InChI=1S/C22H32ClN5O8P2/c23-21-25-18(27-22-6-11-3-12(7-22)5-13(4-11)8-22)15-19(26-21)28(9-24-15)20-17(30)16(29)14(36-20)1-2-37(31,32)10-38(33,34)35/h9,11-14,16-17,20,29-30H,1-8,10H2,(H,31,32)(H,25,26,27)(H2,33,34,35). The first kappa shape index (κ1) is 27.1. The summed E-state index contributed by atoms with van der Waals surface area (Å²) in [7, 11) is -8.87. The molecule has 0 amide bonds. The van der Waals surface area contributed by atoms with Gasteiger partial charge in [-0.25, -0.2) is 4.98 Å². The highest BCUT2D eigenvalue weighted by atomic mass is 35.5. The monoisotopic (exact) mass is 591 g/mol. The van der Waals surface area contributed by atoms with Crippen LogP contribution < -0.4 is 5.32 Å². The molecule has 4 aliphatic carbocycles. The third-order valence-corrected chi connectivity index (χ3v) is 13.0. The maximum Gasteiger partial charge on any atom is 0.335 e. The Morgan fingerprint density at radius 1 is 1.05 bits per heavy atom. The van der Waals surface area contributed by atoms with Crippen LogP contribution in [-0.2, 0) is 13.9 Å². The number of anilines is 1. The van der Waals surface area contributed by atoms with Gasteiger partial charge in [0, 0.05) is 11.7 Å². The van der Waals surface area contributed by atoms with Crippen LogP contribution in [0.3, 0.4) is 0 Å².